The summed E-state index contributed by atoms with van der Waals surface area (Å²) in [5.74, 6) is -0.493. The molecule has 7 heteroatoms. The number of furan rings is 1. The summed E-state index contributed by atoms with van der Waals surface area (Å²) < 4.78 is 11.0. The first-order chi connectivity index (χ1) is 11.7. The maximum atomic E-state index is 12.0. The van der Waals surface area contributed by atoms with Crippen molar-refractivity contribution in [3.63, 3.8) is 0 Å². The average molecular weight is 344 g/mol. The largest absolute Gasteiger partial charge is 0.462 e. The van der Waals surface area contributed by atoms with E-state index in [1.165, 1.54) is 17.6 Å². The van der Waals surface area contributed by atoms with Crippen LogP contribution in [0.4, 0.5) is 5.13 Å². The number of carbonyl (C=O) groups is 2. The van der Waals surface area contributed by atoms with Crippen molar-refractivity contribution in [3.8, 4) is 0 Å². The van der Waals surface area contributed by atoms with Gasteiger partial charge >= 0.3 is 5.97 Å². The molecule has 0 fully saturated rings. The first-order valence-electron chi connectivity index (χ1n) is 7.60. The lowest BCUT2D eigenvalue weighted by Gasteiger charge is -2.03. The fourth-order valence-electron chi connectivity index (χ4n) is 2.06. The van der Waals surface area contributed by atoms with Crippen molar-refractivity contribution in [2.45, 2.75) is 19.8 Å². The van der Waals surface area contributed by atoms with Crippen LogP contribution in [0.25, 0.3) is 10.2 Å². The Labute approximate surface area is 142 Å². The van der Waals surface area contributed by atoms with Gasteiger partial charge in [-0.05, 0) is 36.8 Å². The molecule has 1 N–H and O–H groups in total. The minimum Gasteiger partial charge on any atom is -0.462 e. The summed E-state index contributed by atoms with van der Waals surface area (Å²) in [6, 6.07) is 8.36. The SMILES string of the molecule is CCCCOC(=O)c1ccc2nc(NC(=O)c3ccco3)sc2c1. The number of ether oxygens (including phenoxy) is 1. The van der Waals surface area contributed by atoms with Crippen molar-refractivity contribution in [1.82, 2.24) is 4.98 Å². The number of thiazole rings is 1. The van der Waals surface area contributed by atoms with E-state index in [0.717, 1.165) is 17.5 Å². The number of amides is 1. The fraction of sp³-hybridized carbons (Fsp3) is 0.235. The van der Waals surface area contributed by atoms with Crippen LogP contribution in [0.2, 0.25) is 0 Å². The Morgan fingerprint density at radius 2 is 2.21 bits per heavy atom. The first kappa shape index (κ1) is 16.2. The molecule has 2 heterocycles. The molecule has 24 heavy (non-hydrogen) atoms. The molecule has 0 aliphatic rings. The van der Waals surface area contributed by atoms with Crippen LogP contribution in [0, 0.1) is 0 Å². The lowest BCUT2D eigenvalue weighted by Crippen LogP contribution is -2.10. The van der Waals surface area contributed by atoms with Crippen LogP contribution in [0.15, 0.2) is 41.0 Å². The number of unbranched alkanes of at least 4 members (excludes halogenated alkanes) is 1. The number of esters is 1. The predicted octanol–water partition coefficient (Wildman–Crippen LogP) is 4.10. The van der Waals surface area contributed by atoms with Gasteiger partial charge in [-0.1, -0.05) is 24.7 Å². The van der Waals surface area contributed by atoms with Crippen molar-refractivity contribution in [2.24, 2.45) is 0 Å². The van der Waals surface area contributed by atoms with Crippen LogP contribution < -0.4 is 5.32 Å². The number of nitrogens with one attached hydrogen (secondary N) is 1. The topological polar surface area (TPSA) is 81.4 Å². The van der Waals surface area contributed by atoms with Crippen LogP contribution in [0.5, 0.6) is 0 Å². The van der Waals surface area contributed by atoms with Crippen LogP contribution in [-0.4, -0.2) is 23.5 Å². The third-order valence-corrected chi connectivity index (χ3v) is 4.25. The summed E-state index contributed by atoms with van der Waals surface area (Å²) >= 11 is 1.29. The highest BCUT2D eigenvalue weighted by molar-refractivity contribution is 7.22. The number of hydrogen-bond donors (Lipinski definition) is 1. The van der Waals surface area contributed by atoms with Crippen molar-refractivity contribution in [1.29, 1.82) is 0 Å². The zero-order valence-electron chi connectivity index (χ0n) is 13.1. The fourth-order valence-corrected chi connectivity index (χ4v) is 2.96. The number of carbonyl (C=O) groups excluding carboxylic acids is 2. The minimum absolute atomic E-state index is 0.217. The number of benzene rings is 1. The molecule has 0 aliphatic heterocycles. The van der Waals surface area contributed by atoms with E-state index in [-0.39, 0.29) is 17.6 Å². The average Bonchev–Trinajstić information content (AvgIpc) is 3.23. The molecule has 0 atom stereocenters. The van der Waals surface area contributed by atoms with E-state index >= 15 is 0 Å². The van der Waals surface area contributed by atoms with Crippen molar-refractivity contribution in [3.05, 3.63) is 47.9 Å². The molecular formula is C17H16N2O4S. The summed E-state index contributed by atoms with van der Waals surface area (Å²) in [4.78, 5) is 28.3. The second-order valence-electron chi connectivity index (χ2n) is 5.12. The molecule has 0 aliphatic carbocycles. The van der Waals surface area contributed by atoms with Gasteiger partial charge in [-0.2, -0.15) is 0 Å². The lowest BCUT2D eigenvalue weighted by molar-refractivity contribution is 0.0500. The van der Waals surface area contributed by atoms with E-state index in [1.54, 1.807) is 30.3 Å². The summed E-state index contributed by atoms with van der Waals surface area (Å²) in [5.41, 5.74) is 1.19. The Kier molecular flexibility index (Phi) is 4.90. The van der Waals surface area contributed by atoms with Gasteiger partial charge < -0.3 is 9.15 Å². The molecule has 3 rings (SSSR count). The van der Waals surface area contributed by atoms with E-state index in [2.05, 4.69) is 10.3 Å². The van der Waals surface area contributed by atoms with Gasteiger partial charge in [0.05, 0.1) is 28.7 Å². The zero-order valence-corrected chi connectivity index (χ0v) is 13.9. The van der Waals surface area contributed by atoms with E-state index in [1.807, 2.05) is 6.92 Å². The maximum Gasteiger partial charge on any atom is 0.338 e. The molecule has 124 valence electrons. The Bertz CT molecular complexity index is 855. The monoisotopic (exact) mass is 344 g/mol. The van der Waals surface area contributed by atoms with Crippen molar-refractivity contribution < 1.29 is 18.7 Å². The van der Waals surface area contributed by atoms with E-state index in [9.17, 15) is 9.59 Å². The zero-order chi connectivity index (χ0) is 16.9. The summed E-state index contributed by atoms with van der Waals surface area (Å²) in [7, 11) is 0. The molecule has 0 saturated heterocycles. The van der Waals surface area contributed by atoms with Crippen LogP contribution in [0.3, 0.4) is 0 Å². The predicted molar refractivity (Wildman–Crippen MR) is 91.5 cm³/mol. The summed E-state index contributed by atoms with van der Waals surface area (Å²) in [5, 5.41) is 3.13. The van der Waals surface area contributed by atoms with E-state index < -0.39 is 0 Å². The maximum absolute atomic E-state index is 12.0. The van der Waals surface area contributed by atoms with Gasteiger partial charge in [-0.15, -0.1) is 0 Å². The summed E-state index contributed by atoms with van der Waals surface area (Å²) in [6.07, 6.45) is 3.25. The second-order valence-corrected chi connectivity index (χ2v) is 6.15. The standard InChI is InChI=1S/C17H16N2O4S/c1-2-3-8-23-16(21)11-6-7-12-14(10-11)24-17(18-12)19-15(20)13-5-4-9-22-13/h4-7,9-10H,2-3,8H2,1H3,(H,18,19,20). The number of nitrogens with zero attached hydrogens (tertiary/aromatic N) is 1. The van der Waals surface area contributed by atoms with Gasteiger partial charge in [0.25, 0.3) is 5.91 Å². The normalized spacial score (nSPS) is 10.7. The second kappa shape index (κ2) is 7.27. The highest BCUT2D eigenvalue weighted by Gasteiger charge is 2.14. The highest BCUT2D eigenvalue weighted by atomic mass is 32.1. The van der Waals surface area contributed by atoms with Gasteiger partial charge in [0.1, 0.15) is 0 Å². The molecule has 0 bridgehead atoms. The molecule has 0 unspecified atom stereocenters. The molecule has 1 amide bonds. The van der Waals surface area contributed by atoms with Crippen molar-refractivity contribution >= 4 is 38.6 Å². The van der Waals surface area contributed by atoms with Crippen LogP contribution in [0.1, 0.15) is 40.7 Å². The van der Waals surface area contributed by atoms with Gasteiger partial charge in [0, 0.05) is 0 Å². The van der Waals surface area contributed by atoms with E-state index in [4.69, 9.17) is 9.15 Å². The molecule has 0 radical (unpaired) electrons. The minimum atomic E-state index is -0.363. The molecule has 1 aromatic carbocycles. The number of rotatable bonds is 6. The quantitative estimate of drug-likeness (QED) is 0.538. The molecule has 6 nitrogen and oxygen atoms in total. The molecular weight excluding hydrogens is 328 g/mol. The third-order valence-electron chi connectivity index (χ3n) is 3.32. The van der Waals surface area contributed by atoms with Crippen LogP contribution >= 0.6 is 11.3 Å². The summed E-state index contributed by atoms with van der Waals surface area (Å²) in [6.45, 7) is 2.45. The number of hydrogen-bond acceptors (Lipinski definition) is 6. The van der Waals surface area contributed by atoms with Gasteiger partial charge in [-0.3, -0.25) is 10.1 Å². The molecule has 2 aromatic heterocycles. The number of aromatic nitrogens is 1. The Morgan fingerprint density at radius 3 is 2.96 bits per heavy atom. The Hall–Kier alpha value is -2.67. The highest BCUT2D eigenvalue weighted by Crippen LogP contribution is 2.27. The van der Waals surface area contributed by atoms with Crippen LogP contribution in [-0.2, 0) is 4.74 Å². The first-order valence-corrected chi connectivity index (χ1v) is 8.41. The molecule has 3 aromatic rings. The number of anilines is 1. The number of fused-ring (bicyclic) bond motifs is 1. The lowest BCUT2D eigenvalue weighted by atomic mass is 10.2. The Morgan fingerprint density at radius 1 is 1.33 bits per heavy atom. The molecule has 0 spiro atoms. The van der Waals surface area contributed by atoms with Gasteiger partial charge in [0.15, 0.2) is 10.9 Å². The van der Waals surface area contributed by atoms with Gasteiger partial charge in [0.2, 0.25) is 0 Å². The molecule has 0 saturated carbocycles. The van der Waals surface area contributed by atoms with Gasteiger partial charge in [-0.25, -0.2) is 9.78 Å². The Balaban J connectivity index is 1.74. The third kappa shape index (κ3) is 3.62. The van der Waals surface area contributed by atoms with Crippen molar-refractivity contribution in [2.75, 3.05) is 11.9 Å². The van der Waals surface area contributed by atoms with E-state index in [0.29, 0.717) is 22.8 Å². The smallest absolute Gasteiger partial charge is 0.338 e.